The highest BCUT2D eigenvalue weighted by atomic mass is 16.5. The van der Waals surface area contributed by atoms with Crippen LogP contribution in [0.4, 0.5) is 0 Å². The summed E-state index contributed by atoms with van der Waals surface area (Å²) in [6.07, 6.45) is 9.05. The maximum atomic E-state index is 11.3. The molecule has 0 bridgehead atoms. The quantitative estimate of drug-likeness (QED) is 0.447. The average molecular weight is 296 g/mol. The van der Waals surface area contributed by atoms with E-state index < -0.39 is 0 Å². The van der Waals surface area contributed by atoms with Gasteiger partial charge >= 0.3 is 5.97 Å². The van der Waals surface area contributed by atoms with Crippen LogP contribution in [-0.2, 0) is 9.53 Å². The summed E-state index contributed by atoms with van der Waals surface area (Å²) in [7, 11) is 0. The predicted molar refractivity (Wildman–Crippen MR) is 89.4 cm³/mol. The van der Waals surface area contributed by atoms with Gasteiger partial charge in [-0.3, -0.25) is 0 Å². The number of benzene rings is 1. The van der Waals surface area contributed by atoms with E-state index in [1.54, 1.807) is 13.2 Å². The number of para-hydroxylation sites is 1. The van der Waals surface area contributed by atoms with Crippen molar-refractivity contribution < 1.29 is 13.9 Å². The molecule has 0 aliphatic rings. The molecule has 1 heterocycles. The maximum Gasteiger partial charge on any atom is 0.330 e. The molecule has 0 atom stereocenters. The summed E-state index contributed by atoms with van der Waals surface area (Å²) in [6, 6.07) is 7.95. The Morgan fingerprint density at radius 2 is 2.05 bits per heavy atom. The number of hydrogen-bond acceptors (Lipinski definition) is 3. The number of carbonyl (C=O) groups excluding carboxylic acids is 1. The summed E-state index contributed by atoms with van der Waals surface area (Å²) in [4.78, 5) is 11.3. The van der Waals surface area contributed by atoms with Crippen molar-refractivity contribution in [3.05, 3.63) is 66.0 Å². The number of furan rings is 1. The van der Waals surface area contributed by atoms with Gasteiger partial charge in [0.25, 0.3) is 0 Å². The molecule has 0 unspecified atom stereocenters. The lowest BCUT2D eigenvalue weighted by Gasteiger charge is -1.97. The van der Waals surface area contributed by atoms with Crippen LogP contribution in [0.15, 0.2) is 64.8 Å². The Hall–Kier alpha value is -2.55. The van der Waals surface area contributed by atoms with Crippen LogP contribution in [0.3, 0.4) is 0 Å². The summed E-state index contributed by atoms with van der Waals surface area (Å²) in [5.74, 6) is -0.314. The lowest BCUT2D eigenvalue weighted by atomic mass is 10.1. The first-order valence-electron chi connectivity index (χ1n) is 7.28. The van der Waals surface area contributed by atoms with Crippen molar-refractivity contribution >= 4 is 22.5 Å². The third-order valence-electron chi connectivity index (χ3n) is 3.24. The van der Waals surface area contributed by atoms with E-state index in [1.807, 2.05) is 56.3 Å². The second kappa shape index (κ2) is 7.46. The first-order chi connectivity index (χ1) is 10.6. The van der Waals surface area contributed by atoms with Gasteiger partial charge in [0.1, 0.15) is 5.58 Å². The highest BCUT2D eigenvalue weighted by Gasteiger charge is 2.05. The Labute approximate surface area is 130 Å². The molecule has 2 rings (SSSR count). The van der Waals surface area contributed by atoms with Gasteiger partial charge in [0.05, 0.1) is 12.9 Å². The minimum Gasteiger partial charge on any atom is -0.464 e. The van der Waals surface area contributed by atoms with E-state index in [2.05, 4.69) is 0 Å². The highest BCUT2D eigenvalue weighted by molar-refractivity contribution is 5.90. The fraction of sp³-hybridized carbons (Fsp3) is 0.211. The van der Waals surface area contributed by atoms with Gasteiger partial charge in [0.2, 0.25) is 0 Å². The molecule has 0 aliphatic carbocycles. The van der Waals surface area contributed by atoms with Gasteiger partial charge in [0, 0.05) is 17.0 Å². The summed E-state index contributed by atoms with van der Waals surface area (Å²) in [6.45, 7) is 6.08. The second-order valence-electron chi connectivity index (χ2n) is 4.99. The SMILES string of the molecule is CCOC(=O)/C=C(C)/C=C/C=C(\C)c1coc2ccccc12. The van der Waals surface area contributed by atoms with E-state index >= 15 is 0 Å². The average Bonchev–Trinajstić information content (AvgIpc) is 2.91. The van der Waals surface area contributed by atoms with Crippen LogP contribution in [0.1, 0.15) is 26.3 Å². The summed E-state index contributed by atoms with van der Waals surface area (Å²) in [5, 5.41) is 1.10. The highest BCUT2D eigenvalue weighted by Crippen LogP contribution is 2.26. The van der Waals surface area contributed by atoms with Gasteiger partial charge in [-0.25, -0.2) is 4.79 Å². The van der Waals surface area contributed by atoms with Crippen LogP contribution in [-0.4, -0.2) is 12.6 Å². The first-order valence-corrected chi connectivity index (χ1v) is 7.28. The molecule has 22 heavy (non-hydrogen) atoms. The zero-order chi connectivity index (χ0) is 15.9. The Kier molecular flexibility index (Phi) is 5.37. The van der Waals surface area contributed by atoms with E-state index in [0.717, 1.165) is 27.7 Å². The number of fused-ring (bicyclic) bond motifs is 1. The van der Waals surface area contributed by atoms with Crippen LogP contribution in [0, 0.1) is 0 Å². The Balaban J connectivity index is 2.13. The normalized spacial score (nSPS) is 13.0. The molecular weight excluding hydrogens is 276 g/mol. The van der Waals surface area contributed by atoms with Crippen molar-refractivity contribution in [3.8, 4) is 0 Å². The molecule has 3 heteroatoms. The van der Waals surface area contributed by atoms with Crippen molar-refractivity contribution in [1.82, 2.24) is 0 Å². The lowest BCUT2D eigenvalue weighted by Crippen LogP contribution is -1.99. The molecule has 0 saturated heterocycles. The van der Waals surface area contributed by atoms with Gasteiger partial charge in [0.15, 0.2) is 0 Å². The zero-order valence-corrected chi connectivity index (χ0v) is 13.1. The first kappa shape index (κ1) is 15.8. The molecule has 0 N–H and O–H groups in total. The minimum absolute atomic E-state index is 0.314. The van der Waals surface area contributed by atoms with Crippen molar-refractivity contribution in [2.75, 3.05) is 6.61 Å². The number of carbonyl (C=O) groups is 1. The molecule has 0 saturated carbocycles. The topological polar surface area (TPSA) is 39.4 Å². The fourth-order valence-corrected chi connectivity index (χ4v) is 2.14. The van der Waals surface area contributed by atoms with Gasteiger partial charge in [-0.15, -0.1) is 0 Å². The number of ether oxygens (including phenoxy) is 1. The van der Waals surface area contributed by atoms with Crippen LogP contribution in [0.2, 0.25) is 0 Å². The van der Waals surface area contributed by atoms with Gasteiger partial charge < -0.3 is 9.15 Å². The molecule has 0 aliphatic heterocycles. The summed E-state index contributed by atoms with van der Waals surface area (Å²) < 4.78 is 10.4. The van der Waals surface area contributed by atoms with E-state index in [9.17, 15) is 4.79 Å². The van der Waals surface area contributed by atoms with Crippen LogP contribution < -0.4 is 0 Å². The molecule has 1 aromatic carbocycles. The number of rotatable bonds is 5. The largest absolute Gasteiger partial charge is 0.464 e. The zero-order valence-electron chi connectivity index (χ0n) is 13.1. The van der Waals surface area contributed by atoms with Crippen molar-refractivity contribution in [2.24, 2.45) is 0 Å². The third-order valence-corrected chi connectivity index (χ3v) is 3.24. The molecule has 0 amide bonds. The van der Waals surface area contributed by atoms with E-state index in [-0.39, 0.29) is 5.97 Å². The van der Waals surface area contributed by atoms with Crippen LogP contribution >= 0.6 is 0 Å². The lowest BCUT2D eigenvalue weighted by molar-refractivity contribution is -0.137. The van der Waals surface area contributed by atoms with Gasteiger partial charge in [-0.2, -0.15) is 0 Å². The Morgan fingerprint density at radius 3 is 2.82 bits per heavy atom. The molecule has 114 valence electrons. The molecule has 1 aromatic heterocycles. The minimum atomic E-state index is -0.314. The summed E-state index contributed by atoms with van der Waals surface area (Å²) in [5.41, 5.74) is 3.91. The molecule has 2 aromatic rings. The molecule has 0 spiro atoms. The fourth-order valence-electron chi connectivity index (χ4n) is 2.14. The Bertz CT molecular complexity index is 745. The molecule has 0 fully saturated rings. The van der Waals surface area contributed by atoms with E-state index in [0.29, 0.717) is 6.61 Å². The third kappa shape index (κ3) is 3.98. The smallest absolute Gasteiger partial charge is 0.330 e. The maximum absolute atomic E-state index is 11.3. The monoisotopic (exact) mass is 296 g/mol. The molecule has 3 nitrogen and oxygen atoms in total. The standard InChI is InChI=1S/C19H20O3/c1-4-21-19(20)12-14(2)8-7-9-15(3)17-13-22-18-11-6-5-10-16(17)18/h5-13H,4H2,1-3H3/b8-7+,14-12+,15-9+. The van der Waals surface area contributed by atoms with E-state index in [4.69, 9.17) is 9.15 Å². The van der Waals surface area contributed by atoms with Gasteiger partial charge in [-0.1, -0.05) is 36.4 Å². The van der Waals surface area contributed by atoms with Crippen LogP contribution in [0.25, 0.3) is 16.5 Å². The van der Waals surface area contributed by atoms with Crippen molar-refractivity contribution in [3.63, 3.8) is 0 Å². The molecule has 0 radical (unpaired) electrons. The van der Waals surface area contributed by atoms with Crippen molar-refractivity contribution in [1.29, 1.82) is 0 Å². The van der Waals surface area contributed by atoms with Crippen molar-refractivity contribution in [2.45, 2.75) is 20.8 Å². The number of allylic oxidation sites excluding steroid dienone is 5. The van der Waals surface area contributed by atoms with E-state index in [1.165, 1.54) is 6.08 Å². The number of esters is 1. The van der Waals surface area contributed by atoms with Gasteiger partial charge in [-0.05, 0) is 38.0 Å². The number of hydrogen-bond donors (Lipinski definition) is 0. The molecular formula is C19H20O3. The predicted octanol–water partition coefficient (Wildman–Crippen LogP) is 4.90. The Morgan fingerprint density at radius 1 is 1.27 bits per heavy atom. The van der Waals surface area contributed by atoms with Crippen LogP contribution in [0.5, 0.6) is 0 Å². The second-order valence-corrected chi connectivity index (χ2v) is 4.99. The summed E-state index contributed by atoms with van der Waals surface area (Å²) >= 11 is 0.